The Morgan fingerprint density at radius 1 is 1.25 bits per heavy atom. The highest BCUT2D eigenvalue weighted by Crippen LogP contribution is 2.29. The van der Waals surface area contributed by atoms with Gasteiger partial charge in [0.2, 0.25) is 5.91 Å². The molecule has 6 nitrogen and oxygen atoms in total. The third kappa shape index (κ3) is 2.75. The number of benzene rings is 1. The van der Waals surface area contributed by atoms with E-state index in [1.807, 2.05) is 29.2 Å². The molecule has 128 valence electrons. The Morgan fingerprint density at radius 3 is 2.67 bits per heavy atom. The maximum absolute atomic E-state index is 12.9. The first-order valence-corrected chi connectivity index (χ1v) is 8.66. The molecule has 1 saturated carbocycles. The van der Waals surface area contributed by atoms with Crippen molar-refractivity contribution in [3.63, 3.8) is 0 Å². The summed E-state index contributed by atoms with van der Waals surface area (Å²) >= 11 is 0. The van der Waals surface area contributed by atoms with Crippen molar-refractivity contribution in [3.8, 4) is 0 Å². The number of carbonyl (C=O) groups excluding carboxylic acids is 1. The largest absolute Gasteiger partial charge is 0.381 e. The van der Waals surface area contributed by atoms with Crippen molar-refractivity contribution in [2.75, 3.05) is 19.8 Å². The Morgan fingerprint density at radius 2 is 2.00 bits per heavy atom. The first kappa shape index (κ1) is 15.4. The van der Waals surface area contributed by atoms with Gasteiger partial charge in [-0.3, -0.25) is 13.9 Å². The molecule has 0 bridgehead atoms. The van der Waals surface area contributed by atoms with E-state index in [0.717, 1.165) is 50.1 Å². The number of aromatic nitrogens is 2. The molecular weight excluding hydrogens is 306 g/mol. The zero-order valence-electron chi connectivity index (χ0n) is 14.0. The van der Waals surface area contributed by atoms with E-state index in [1.54, 1.807) is 16.2 Å². The molecule has 0 unspecified atom stereocenters. The lowest BCUT2D eigenvalue weighted by molar-refractivity contribution is -0.133. The van der Waals surface area contributed by atoms with Gasteiger partial charge in [0.25, 0.3) is 0 Å². The van der Waals surface area contributed by atoms with Crippen molar-refractivity contribution >= 4 is 16.9 Å². The molecule has 1 aliphatic heterocycles. The van der Waals surface area contributed by atoms with Crippen molar-refractivity contribution in [1.82, 2.24) is 14.0 Å². The van der Waals surface area contributed by atoms with E-state index in [0.29, 0.717) is 12.0 Å². The first-order chi connectivity index (χ1) is 11.6. The second kappa shape index (κ2) is 6.09. The molecule has 6 heteroatoms. The van der Waals surface area contributed by atoms with Crippen LogP contribution in [0.15, 0.2) is 29.1 Å². The molecule has 4 rings (SSSR count). The van der Waals surface area contributed by atoms with Crippen LogP contribution in [-0.2, 0) is 23.1 Å². The summed E-state index contributed by atoms with van der Waals surface area (Å²) in [5.41, 5.74) is 1.54. The van der Waals surface area contributed by atoms with Crippen LogP contribution in [-0.4, -0.2) is 45.7 Å². The highest BCUT2D eigenvalue weighted by molar-refractivity contribution is 5.81. The second-order valence-corrected chi connectivity index (χ2v) is 6.92. The zero-order valence-corrected chi connectivity index (χ0v) is 14.0. The van der Waals surface area contributed by atoms with Crippen LogP contribution in [0.4, 0.5) is 0 Å². The molecule has 2 heterocycles. The van der Waals surface area contributed by atoms with E-state index in [2.05, 4.69) is 0 Å². The van der Waals surface area contributed by atoms with Crippen LogP contribution in [0.3, 0.4) is 0 Å². The molecule has 1 saturated heterocycles. The molecule has 0 spiro atoms. The number of amides is 1. The predicted molar refractivity (Wildman–Crippen MR) is 90.8 cm³/mol. The minimum atomic E-state index is -0.135. The minimum Gasteiger partial charge on any atom is -0.381 e. The minimum absolute atomic E-state index is 0.0443. The number of para-hydroxylation sites is 2. The summed E-state index contributed by atoms with van der Waals surface area (Å²) in [4.78, 5) is 27.4. The average molecular weight is 329 g/mol. The monoisotopic (exact) mass is 329 g/mol. The van der Waals surface area contributed by atoms with Crippen LogP contribution in [0.5, 0.6) is 0 Å². The van der Waals surface area contributed by atoms with Gasteiger partial charge in [-0.25, -0.2) is 4.79 Å². The lowest BCUT2D eigenvalue weighted by Gasteiger charge is -2.25. The van der Waals surface area contributed by atoms with E-state index in [9.17, 15) is 9.59 Å². The van der Waals surface area contributed by atoms with Gasteiger partial charge in [0.05, 0.1) is 17.6 Å². The summed E-state index contributed by atoms with van der Waals surface area (Å²) in [5.74, 6) is 0.474. The highest BCUT2D eigenvalue weighted by atomic mass is 16.5. The third-order valence-corrected chi connectivity index (χ3v) is 5.13. The number of aryl methyl sites for hydroxylation is 1. The molecule has 2 fully saturated rings. The number of rotatable bonds is 5. The van der Waals surface area contributed by atoms with Gasteiger partial charge in [-0.2, -0.15) is 0 Å². The SMILES string of the molecule is Cn1c(=O)n(CC(=O)N(C[C@@H]2CCOC2)C2CC2)c2ccccc21. The molecule has 24 heavy (non-hydrogen) atoms. The number of ether oxygens (including phenoxy) is 1. The number of hydrogen-bond donors (Lipinski definition) is 0. The van der Waals surface area contributed by atoms with Crippen molar-refractivity contribution < 1.29 is 9.53 Å². The van der Waals surface area contributed by atoms with Gasteiger partial charge in [0.1, 0.15) is 6.54 Å². The van der Waals surface area contributed by atoms with Crippen LogP contribution in [0.2, 0.25) is 0 Å². The van der Waals surface area contributed by atoms with Crippen molar-refractivity contribution in [1.29, 1.82) is 0 Å². The molecule has 0 N–H and O–H groups in total. The number of fused-ring (bicyclic) bond motifs is 1. The fraction of sp³-hybridized carbons (Fsp3) is 0.556. The third-order valence-electron chi connectivity index (χ3n) is 5.13. The van der Waals surface area contributed by atoms with Gasteiger partial charge in [-0.05, 0) is 31.4 Å². The van der Waals surface area contributed by atoms with Gasteiger partial charge >= 0.3 is 5.69 Å². The van der Waals surface area contributed by atoms with E-state index in [-0.39, 0.29) is 18.1 Å². The number of nitrogens with zero attached hydrogens (tertiary/aromatic N) is 3. The molecule has 1 atom stereocenters. The van der Waals surface area contributed by atoms with Gasteiger partial charge in [0, 0.05) is 32.2 Å². The molecular formula is C18H23N3O3. The van der Waals surface area contributed by atoms with Crippen LogP contribution < -0.4 is 5.69 Å². The number of hydrogen-bond acceptors (Lipinski definition) is 3. The van der Waals surface area contributed by atoms with Crippen LogP contribution in [0.1, 0.15) is 19.3 Å². The van der Waals surface area contributed by atoms with E-state index in [4.69, 9.17) is 4.74 Å². The summed E-state index contributed by atoms with van der Waals surface area (Å²) in [6, 6.07) is 7.97. The van der Waals surface area contributed by atoms with E-state index in [1.165, 1.54) is 0 Å². The van der Waals surface area contributed by atoms with E-state index >= 15 is 0 Å². The number of carbonyl (C=O) groups is 1. The predicted octanol–water partition coefficient (Wildman–Crippen LogP) is 1.37. The fourth-order valence-corrected chi connectivity index (χ4v) is 3.59. The molecule has 1 aliphatic carbocycles. The Bertz CT molecular complexity index is 813. The Labute approximate surface area is 140 Å². The topological polar surface area (TPSA) is 56.5 Å². The van der Waals surface area contributed by atoms with E-state index < -0.39 is 0 Å². The molecule has 1 aromatic carbocycles. The fourth-order valence-electron chi connectivity index (χ4n) is 3.59. The quantitative estimate of drug-likeness (QED) is 0.832. The highest BCUT2D eigenvalue weighted by Gasteiger charge is 2.35. The van der Waals surface area contributed by atoms with Crippen LogP contribution in [0.25, 0.3) is 11.0 Å². The molecule has 1 aromatic heterocycles. The van der Waals surface area contributed by atoms with Crippen molar-refractivity contribution in [2.24, 2.45) is 13.0 Å². The molecule has 0 radical (unpaired) electrons. The molecule has 2 aliphatic rings. The molecule has 1 amide bonds. The maximum atomic E-state index is 12.9. The summed E-state index contributed by atoms with van der Waals surface area (Å²) in [5, 5.41) is 0. The summed E-state index contributed by atoms with van der Waals surface area (Å²) in [6.45, 7) is 2.40. The van der Waals surface area contributed by atoms with Crippen molar-refractivity contribution in [3.05, 3.63) is 34.7 Å². The van der Waals surface area contributed by atoms with Crippen LogP contribution >= 0.6 is 0 Å². The normalized spacial score (nSPS) is 20.6. The number of imidazole rings is 1. The lowest BCUT2D eigenvalue weighted by Crippen LogP contribution is -2.41. The Balaban J connectivity index is 1.58. The summed E-state index contributed by atoms with van der Waals surface area (Å²) < 4.78 is 8.64. The zero-order chi connectivity index (χ0) is 16.7. The smallest absolute Gasteiger partial charge is 0.329 e. The maximum Gasteiger partial charge on any atom is 0.329 e. The average Bonchev–Trinajstić information content (AvgIpc) is 3.25. The molecule has 2 aromatic rings. The van der Waals surface area contributed by atoms with Gasteiger partial charge in [-0.1, -0.05) is 12.1 Å². The summed E-state index contributed by atoms with van der Waals surface area (Å²) in [7, 11) is 1.75. The lowest BCUT2D eigenvalue weighted by atomic mass is 10.1. The second-order valence-electron chi connectivity index (χ2n) is 6.92. The van der Waals surface area contributed by atoms with Gasteiger partial charge in [0.15, 0.2) is 0 Å². The van der Waals surface area contributed by atoms with Gasteiger partial charge in [-0.15, -0.1) is 0 Å². The Hall–Kier alpha value is -2.08. The Kier molecular flexibility index (Phi) is 3.92. The standard InChI is InChI=1S/C18H23N3O3/c1-19-15-4-2-3-5-16(15)21(18(19)23)11-17(22)20(14-6-7-14)10-13-8-9-24-12-13/h2-5,13-14H,6-12H2,1H3/t13-/m0/s1. The first-order valence-electron chi connectivity index (χ1n) is 8.66. The summed E-state index contributed by atoms with van der Waals surface area (Å²) in [6.07, 6.45) is 3.16. The van der Waals surface area contributed by atoms with Crippen LogP contribution in [0, 0.1) is 5.92 Å². The van der Waals surface area contributed by atoms with Crippen molar-refractivity contribution in [2.45, 2.75) is 31.8 Å². The van der Waals surface area contributed by atoms with Gasteiger partial charge < -0.3 is 9.64 Å².